The highest BCUT2D eigenvalue weighted by atomic mass is 79.9. The Labute approximate surface area is 83.4 Å². The lowest BCUT2D eigenvalue weighted by Gasteiger charge is -2.05. The molecule has 0 fully saturated rings. The molecule has 0 saturated heterocycles. The van der Waals surface area contributed by atoms with Gasteiger partial charge in [-0.3, -0.25) is 4.79 Å². The average Bonchev–Trinajstić information content (AvgIpc) is 2.59. The maximum absolute atomic E-state index is 13.5. The Hall–Kier alpha value is -0.960. The van der Waals surface area contributed by atoms with Crippen molar-refractivity contribution in [2.75, 3.05) is 0 Å². The average molecular weight is 241 g/mol. The lowest BCUT2D eigenvalue weighted by molar-refractivity contribution is 0.112. The highest BCUT2D eigenvalue weighted by Crippen LogP contribution is 2.30. The van der Waals surface area contributed by atoms with Gasteiger partial charge in [0.25, 0.3) is 0 Å². The molecule has 2 rings (SSSR count). The Morgan fingerprint density at radius 3 is 3.00 bits per heavy atom. The summed E-state index contributed by atoms with van der Waals surface area (Å²) in [4.78, 5) is 10.6. The SMILES string of the molecule is O=Cc1cc2c(c(F)c1Br)CC=C2. The lowest BCUT2D eigenvalue weighted by Crippen LogP contribution is -1.95. The lowest BCUT2D eigenvalue weighted by atomic mass is 10.1. The number of allylic oxidation sites excluding steroid dienone is 1. The van der Waals surface area contributed by atoms with E-state index in [0.29, 0.717) is 23.8 Å². The van der Waals surface area contributed by atoms with Crippen molar-refractivity contribution >= 4 is 28.3 Å². The van der Waals surface area contributed by atoms with Gasteiger partial charge in [-0.25, -0.2) is 4.39 Å². The van der Waals surface area contributed by atoms with Crippen molar-refractivity contribution in [1.82, 2.24) is 0 Å². The Morgan fingerprint density at radius 2 is 2.31 bits per heavy atom. The van der Waals surface area contributed by atoms with Gasteiger partial charge in [-0.2, -0.15) is 0 Å². The molecule has 0 atom stereocenters. The minimum Gasteiger partial charge on any atom is -0.298 e. The van der Waals surface area contributed by atoms with Crippen LogP contribution in [-0.4, -0.2) is 6.29 Å². The van der Waals surface area contributed by atoms with E-state index in [1.165, 1.54) is 0 Å². The summed E-state index contributed by atoms with van der Waals surface area (Å²) in [6.45, 7) is 0. The number of fused-ring (bicyclic) bond motifs is 1. The zero-order valence-electron chi connectivity index (χ0n) is 6.68. The van der Waals surface area contributed by atoms with Gasteiger partial charge in [0.1, 0.15) is 5.82 Å². The zero-order valence-corrected chi connectivity index (χ0v) is 8.27. The van der Waals surface area contributed by atoms with Gasteiger partial charge in [0, 0.05) is 11.1 Å². The molecule has 0 aliphatic heterocycles. The normalized spacial score (nSPS) is 13.1. The fourth-order valence-electron chi connectivity index (χ4n) is 1.45. The Morgan fingerprint density at radius 1 is 1.54 bits per heavy atom. The van der Waals surface area contributed by atoms with Crippen molar-refractivity contribution in [1.29, 1.82) is 0 Å². The third-order valence-corrected chi connectivity index (χ3v) is 2.92. The van der Waals surface area contributed by atoms with Crippen LogP contribution in [0.1, 0.15) is 21.5 Å². The molecule has 0 N–H and O–H groups in total. The van der Waals surface area contributed by atoms with Crippen LogP contribution in [0, 0.1) is 5.82 Å². The largest absolute Gasteiger partial charge is 0.298 e. The first-order valence-electron chi connectivity index (χ1n) is 3.86. The van der Waals surface area contributed by atoms with Gasteiger partial charge in [-0.05, 0) is 34.0 Å². The molecule has 0 bridgehead atoms. The summed E-state index contributed by atoms with van der Waals surface area (Å²) in [6, 6.07) is 1.69. The monoisotopic (exact) mass is 240 g/mol. The first kappa shape index (κ1) is 8.63. The van der Waals surface area contributed by atoms with Crippen LogP contribution in [0.25, 0.3) is 6.08 Å². The molecule has 0 spiro atoms. The van der Waals surface area contributed by atoms with Gasteiger partial charge in [0.2, 0.25) is 0 Å². The summed E-state index contributed by atoms with van der Waals surface area (Å²) in [6.07, 6.45) is 4.98. The van der Waals surface area contributed by atoms with Gasteiger partial charge < -0.3 is 0 Å². The maximum Gasteiger partial charge on any atom is 0.151 e. The van der Waals surface area contributed by atoms with Crippen molar-refractivity contribution in [3.05, 3.63) is 39.1 Å². The molecule has 0 heterocycles. The molecule has 0 saturated carbocycles. The summed E-state index contributed by atoms with van der Waals surface area (Å²) >= 11 is 3.06. The summed E-state index contributed by atoms with van der Waals surface area (Å²) in [5.74, 6) is -0.315. The van der Waals surface area contributed by atoms with E-state index in [9.17, 15) is 9.18 Å². The molecule has 0 amide bonds. The van der Waals surface area contributed by atoms with Crippen LogP contribution < -0.4 is 0 Å². The van der Waals surface area contributed by atoms with E-state index < -0.39 is 0 Å². The molecule has 66 valence electrons. The van der Waals surface area contributed by atoms with Crippen LogP contribution in [0.2, 0.25) is 0 Å². The number of hydrogen-bond acceptors (Lipinski definition) is 1. The molecule has 1 aromatic rings. The third kappa shape index (κ3) is 1.23. The molecule has 0 aromatic heterocycles. The number of rotatable bonds is 1. The molecule has 0 unspecified atom stereocenters. The van der Waals surface area contributed by atoms with E-state index >= 15 is 0 Å². The summed E-state index contributed by atoms with van der Waals surface area (Å²) in [7, 11) is 0. The summed E-state index contributed by atoms with van der Waals surface area (Å²) < 4.78 is 13.8. The van der Waals surface area contributed by atoms with Crippen molar-refractivity contribution < 1.29 is 9.18 Å². The standard InChI is InChI=1S/C10H6BrFO/c11-9-7(5-13)4-6-2-1-3-8(6)10(9)12/h1-2,4-5H,3H2. The fourth-order valence-corrected chi connectivity index (χ4v) is 1.90. The van der Waals surface area contributed by atoms with E-state index in [0.717, 1.165) is 5.56 Å². The van der Waals surface area contributed by atoms with Crippen LogP contribution in [-0.2, 0) is 6.42 Å². The van der Waals surface area contributed by atoms with Gasteiger partial charge in [-0.15, -0.1) is 0 Å². The van der Waals surface area contributed by atoms with Crippen molar-refractivity contribution in [3.63, 3.8) is 0 Å². The van der Waals surface area contributed by atoms with Crippen molar-refractivity contribution in [2.24, 2.45) is 0 Å². The number of carbonyl (C=O) groups is 1. The van der Waals surface area contributed by atoms with Gasteiger partial charge in [0.05, 0.1) is 4.47 Å². The minimum atomic E-state index is -0.315. The molecule has 1 aliphatic carbocycles. The Balaban J connectivity index is 2.72. The van der Waals surface area contributed by atoms with E-state index in [4.69, 9.17) is 0 Å². The van der Waals surface area contributed by atoms with Gasteiger partial charge >= 0.3 is 0 Å². The maximum atomic E-state index is 13.5. The van der Waals surface area contributed by atoms with Gasteiger partial charge in [0.15, 0.2) is 6.29 Å². The fraction of sp³-hybridized carbons (Fsp3) is 0.100. The topological polar surface area (TPSA) is 17.1 Å². The van der Waals surface area contributed by atoms with E-state index in [1.807, 2.05) is 12.2 Å². The van der Waals surface area contributed by atoms with Crippen LogP contribution in [0.15, 0.2) is 16.6 Å². The van der Waals surface area contributed by atoms with E-state index in [1.54, 1.807) is 6.07 Å². The summed E-state index contributed by atoms with van der Waals surface area (Å²) in [5.41, 5.74) is 1.84. The van der Waals surface area contributed by atoms with Crippen molar-refractivity contribution in [3.8, 4) is 0 Å². The molecular formula is C10H6BrFO. The number of halogens is 2. The zero-order chi connectivity index (χ0) is 9.42. The Kier molecular flexibility index (Phi) is 2.04. The predicted octanol–water partition coefficient (Wildman–Crippen LogP) is 2.97. The minimum absolute atomic E-state index is 0.268. The molecule has 3 heteroatoms. The van der Waals surface area contributed by atoms with Crippen LogP contribution in [0.5, 0.6) is 0 Å². The summed E-state index contributed by atoms with van der Waals surface area (Å²) in [5, 5.41) is 0. The molecular weight excluding hydrogens is 235 g/mol. The van der Waals surface area contributed by atoms with Gasteiger partial charge in [-0.1, -0.05) is 12.2 Å². The highest BCUT2D eigenvalue weighted by molar-refractivity contribution is 9.10. The number of hydrogen-bond donors (Lipinski definition) is 0. The van der Waals surface area contributed by atoms with Crippen LogP contribution >= 0.6 is 15.9 Å². The number of aldehydes is 1. The van der Waals surface area contributed by atoms with E-state index in [2.05, 4.69) is 15.9 Å². The molecule has 0 radical (unpaired) electrons. The number of carbonyl (C=O) groups excluding carboxylic acids is 1. The van der Waals surface area contributed by atoms with E-state index in [-0.39, 0.29) is 10.3 Å². The Bertz CT molecular complexity index is 409. The third-order valence-electron chi connectivity index (χ3n) is 2.12. The molecule has 1 aromatic carbocycles. The van der Waals surface area contributed by atoms with Crippen LogP contribution in [0.4, 0.5) is 4.39 Å². The van der Waals surface area contributed by atoms with Crippen molar-refractivity contribution in [2.45, 2.75) is 6.42 Å². The molecule has 1 aliphatic rings. The smallest absolute Gasteiger partial charge is 0.151 e. The second-order valence-corrected chi connectivity index (χ2v) is 3.68. The number of benzene rings is 1. The predicted molar refractivity (Wildman–Crippen MR) is 52.2 cm³/mol. The molecule has 1 nitrogen and oxygen atoms in total. The second kappa shape index (κ2) is 3.07. The molecule has 13 heavy (non-hydrogen) atoms. The first-order valence-corrected chi connectivity index (χ1v) is 4.66. The second-order valence-electron chi connectivity index (χ2n) is 2.89. The van der Waals surface area contributed by atoms with Crippen LogP contribution in [0.3, 0.4) is 0 Å². The first-order chi connectivity index (χ1) is 6.24. The quantitative estimate of drug-likeness (QED) is 0.691. The highest BCUT2D eigenvalue weighted by Gasteiger charge is 2.16.